The molecule has 3 heterocycles. The van der Waals surface area contributed by atoms with E-state index in [9.17, 15) is 19.2 Å². The van der Waals surface area contributed by atoms with Crippen molar-refractivity contribution in [1.29, 1.82) is 0 Å². The number of piperidine rings is 1. The number of carbonyl (C=O) groups excluding carboxylic acids is 4. The molecule has 0 unspecified atom stereocenters. The molecule has 0 N–H and O–H groups in total. The van der Waals surface area contributed by atoms with Crippen LogP contribution in [0.5, 0.6) is 0 Å². The summed E-state index contributed by atoms with van der Waals surface area (Å²) in [5.41, 5.74) is 4.85. The van der Waals surface area contributed by atoms with E-state index in [4.69, 9.17) is 14.0 Å². The molecule has 0 spiro atoms. The van der Waals surface area contributed by atoms with Gasteiger partial charge in [-0.3, -0.25) is 9.59 Å². The Hall–Kier alpha value is -5.25. The van der Waals surface area contributed by atoms with E-state index < -0.39 is 23.9 Å². The molecule has 3 amide bonds. The molecule has 3 aromatic carbocycles. The SMILES string of the molecule is O=C(ON1C(=O)c2ccccc2C1=O)c1ncoc1C1CCN(C(=O)OCC2c3ccccc3-c3ccccc32)CC1. The number of benzene rings is 3. The van der Waals surface area contributed by atoms with Gasteiger partial charge >= 0.3 is 12.1 Å². The number of hydrogen-bond donors (Lipinski definition) is 0. The molecule has 4 aromatic rings. The van der Waals surface area contributed by atoms with Crippen LogP contribution in [-0.4, -0.2) is 58.5 Å². The summed E-state index contributed by atoms with van der Waals surface area (Å²) in [7, 11) is 0. The predicted octanol–water partition coefficient (Wildman–Crippen LogP) is 5.17. The maximum atomic E-state index is 13.0. The van der Waals surface area contributed by atoms with Crippen LogP contribution in [0, 0.1) is 0 Å². The number of nitrogens with zero attached hydrogens (tertiary/aromatic N) is 3. The Morgan fingerprint density at radius 1 is 0.810 bits per heavy atom. The first kappa shape index (κ1) is 25.7. The summed E-state index contributed by atoms with van der Waals surface area (Å²) in [5, 5.41) is 0.450. The van der Waals surface area contributed by atoms with Gasteiger partial charge in [-0.05, 0) is 47.2 Å². The minimum absolute atomic E-state index is 0.0242. The second-order valence-electron chi connectivity index (χ2n) is 10.5. The van der Waals surface area contributed by atoms with Crippen molar-refractivity contribution in [2.45, 2.75) is 24.7 Å². The second kappa shape index (κ2) is 10.3. The Labute approximate surface area is 240 Å². The third-order valence-corrected chi connectivity index (χ3v) is 8.18. The van der Waals surface area contributed by atoms with Gasteiger partial charge in [-0.2, -0.15) is 0 Å². The Bertz CT molecular complexity index is 1660. The highest BCUT2D eigenvalue weighted by atomic mass is 16.7. The van der Waals surface area contributed by atoms with Crippen molar-refractivity contribution in [1.82, 2.24) is 14.9 Å². The normalized spacial score (nSPS) is 16.3. The molecule has 1 saturated heterocycles. The van der Waals surface area contributed by atoms with Gasteiger partial charge in [0.05, 0.1) is 11.1 Å². The molecule has 0 saturated carbocycles. The van der Waals surface area contributed by atoms with Crippen molar-refractivity contribution in [2.24, 2.45) is 0 Å². The first-order valence-corrected chi connectivity index (χ1v) is 13.7. The van der Waals surface area contributed by atoms with Crippen molar-refractivity contribution in [3.8, 4) is 11.1 Å². The zero-order chi connectivity index (χ0) is 28.8. The third-order valence-electron chi connectivity index (χ3n) is 8.18. The molecule has 1 fully saturated rings. The van der Waals surface area contributed by atoms with Gasteiger partial charge in [0.15, 0.2) is 12.1 Å². The highest BCUT2D eigenvalue weighted by Crippen LogP contribution is 2.44. The number of aromatic nitrogens is 1. The van der Waals surface area contributed by atoms with E-state index in [0.717, 1.165) is 17.5 Å². The van der Waals surface area contributed by atoms with Gasteiger partial charge in [0.2, 0.25) is 0 Å². The first-order chi connectivity index (χ1) is 20.5. The maximum absolute atomic E-state index is 13.0. The number of fused-ring (bicyclic) bond motifs is 4. The molecule has 3 aliphatic rings. The fourth-order valence-electron chi connectivity index (χ4n) is 6.08. The lowest BCUT2D eigenvalue weighted by Gasteiger charge is -2.31. The smallest absolute Gasteiger partial charge is 0.409 e. The molecule has 1 aliphatic carbocycles. The summed E-state index contributed by atoms with van der Waals surface area (Å²) >= 11 is 0. The van der Waals surface area contributed by atoms with E-state index in [1.165, 1.54) is 23.3 Å². The van der Waals surface area contributed by atoms with Crippen LogP contribution < -0.4 is 0 Å². The lowest BCUT2D eigenvalue weighted by atomic mass is 9.93. The monoisotopic (exact) mass is 563 g/mol. The predicted molar refractivity (Wildman–Crippen MR) is 147 cm³/mol. The quantitative estimate of drug-likeness (QED) is 0.305. The number of likely N-dealkylation sites (tertiary alicyclic amines) is 1. The van der Waals surface area contributed by atoms with Crippen LogP contribution in [0.4, 0.5) is 4.79 Å². The van der Waals surface area contributed by atoms with Gasteiger partial charge < -0.3 is 18.9 Å². The lowest BCUT2D eigenvalue weighted by Crippen LogP contribution is -2.39. The highest BCUT2D eigenvalue weighted by Gasteiger charge is 2.40. The topological polar surface area (TPSA) is 119 Å². The van der Waals surface area contributed by atoms with E-state index >= 15 is 0 Å². The molecular weight excluding hydrogens is 538 g/mol. The number of carbonyl (C=O) groups is 4. The van der Waals surface area contributed by atoms with Gasteiger partial charge in [-0.1, -0.05) is 65.7 Å². The van der Waals surface area contributed by atoms with Gasteiger partial charge in [0.25, 0.3) is 11.8 Å². The summed E-state index contributed by atoms with van der Waals surface area (Å²) in [6, 6.07) is 22.6. The van der Waals surface area contributed by atoms with E-state index in [1.54, 1.807) is 17.0 Å². The molecule has 0 bridgehead atoms. The summed E-state index contributed by atoms with van der Waals surface area (Å²) in [4.78, 5) is 62.0. The van der Waals surface area contributed by atoms with Crippen molar-refractivity contribution in [3.63, 3.8) is 0 Å². The molecule has 210 valence electrons. The standard InChI is InChI=1S/C32H25N3O7/c36-29-24-11-5-6-12-25(24)30(37)35(29)42-31(38)27-28(41-18-33-27)19-13-15-34(16-14-19)32(39)40-17-26-22-9-3-1-7-20(22)21-8-2-4-10-23(21)26/h1-12,18-19,26H,13-17H2. The van der Waals surface area contributed by atoms with Crippen molar-refractivity contribution >= 4 is 23.9 Å². The highest BCUT2D eigenvalue weighted by molar-refractivity contribution is 6.21. The second-order valence-corrected chi connectivity index (χ2v) is 10.5. The van der Waals surface area contributed by atoms with E-state index in [1.807, 2.05) is 24.3 Å². The van der Waals surface area contributed by atoms with Gasteiger partial charge in [0, 0.05) is 24.9 Å². The number of hydroxylamine groups is 2. The Balaban J connectivity index is 0.968. The lowest BCUT2D eigenvalue weighted by molar-refractivity contribution is -0.0590. The number of oxazole rings is 1. The molecule has 0 radical (unpaired) electrons. The largest absolute Gasteiger partial charge is 0.448 e. The summed E-state index contributed by atoms with van der Waals surface area (Å²) in [6.45, 7) is 1.03. The molecule has 1 aromatic heterocycles. The van der Waals surface area contributed by atoms with Crippen LogP contribution in [0.25, 0.3) is 11.1 Å². The maximum Gasteiger partial charge on any atom is 0.409 e. The molecule has 2 aliphatic heterocycles. The van der Waals surface area contributed by atoms with Crippen LogP contribution >= 0.6 is 0 Å². The molecular formula is C32H25N3O7. The van der Waals surface area contributed by atoms with Crippen LogP contribution in [0.1, 0.15) is 72.8 Å². The molecule has 10 heteroatoms. The summed E-state index contributed by atoms with van der Waals surface area (Å²) in [6.07, 6.45) is 1.75. The Morgan fingerprint density at radius 2 is 1.36 bits per heavy atom. The molecule has 42 heavy (non-hydrogen) atoms. The number of amides is 3. The van der Waals surface area contributed by atoms with E-state index in [0.29, 0.717) is 36.8 Å². The zero-order valence-corrected chi connectivity index (χ0v) is 22.4. The van der Waals surface area contributed by atoms with E-state index in [-0.39, 0.29) is 35.3 Å². The van der Waals surface area contributed by atoms with Crippen molar-refractivity contribution in [2.75, 3.05) is 19.7 Å². The number of ether oxygens (including phenoxy) is 1. The van der Waals surface area contributed by atoms with Crippen molar-refractivity contribution < 1.29 is 33.2 Å². The number of rotatable bonds is 5. The van der Waals surface area contributed by atoms with Crippen LogP contribution in [0.15, 0.2) is 83.6 Å². The van der Waals surface area contributed by atoms with Crippen LogP contribution in [0.3, 0.4) is 0 Å². The summed E-state index contributed by atoms with van der Waals surface area (Å²) < 4.78 is 11.3. The van der Waals surface area contributed by atoms with Gasteiger partial charge in [-0.25, -0.2) is 14.6 Å². The fraction of sp³-hybridized carbons (Fsp3) is 0.219. The number of hydrogen-bond acceptors (Lipinski definition) is 8. The summed E-state index contributed by atoms with van der Waals surface area (Å²) in [5.74, 6) is -2.34. The molecule has 0 atom stereocenters. The zero-order valence-electron chi connectivity index (χ0n) is 22.4. The van der Waals surface area contributed by atoms with Gasteiger partial charge in [0.1, 0.15) is 12.4 Å². The average Bonchev–Trinajstić information content (AvgIpc) is 3.71. The average molecular weight is 564 g/mol. The first-order valence-electron chi connectivity index (χ1n) is 13.7. The van der Waals surface area contributed by atoms with Crippen LogP contribution in [-0.2, 0) is 9.57 Å². The van der Waals surface area contributed by atoms with Crippen molar-refractivity contribution in [3.05, 3.63) is 113 Å². The Kier molecular flexibility index (Phi) is 6.30. The fourth-order valence-corrected chi connectivity index (χ4v) is 6.08. The molecule has 7 rings (SSSR count). The van der Waals surface area contributed by atoms with Crippen LogP contribution in [0.2, 0.25) is 0 Å². The Morgan fingerprint density at radius 3 is 1.95 bits per heavy atom. The minimum atomic E-state index is -0.966. The number of imide groups is 1. The van der Waals surface area contributed by atoms with Gasteiger partial charge in [-0.15, -0.1) is 0 Å². The van der Waals surface area contributed by atoms with E-state index in [2.05, 4.69) is 29.2 Å². The third kappa shape index (κ3) is 4.23. The molecule has 10 nitrogen and oxygen atoms in total. The minimum Gasteiger partial charge on any atom is -0.448 e.